The van der Waals surface area contributed by atoms with Gasteiger partial charge >= 0.3 is 0 Å². The molecule has 7 rings (SSSR count). The van der Waals surface area contributed by atoms with Gasteiger partial charge in [-0.25, -0.2) is 9.97 Å². The lowest BCUT2D eigenvalue weighted by Gasteiger charge is -2.09. The Morgan fingerprint density at radius 1 is 0.500 bits per heavy atom. The Morgan fingerprint density at radius 2 is 1.12 bits per heavy atom. The van der Waals surface area contributed by atoms with Crippen LogP contribution in [0.4, 0.5) is 0 Å². The summed E-state index contributed by atoms with van der Waals surface area (Å²) < 4.78 is 4.59. The minimum absolute atomic E-state index is 0.868. The van der Waals surface area contributed by atoms with Crippen LogP contribution in [0.25, 0.3) is 55.1 Å². The van der Waals surface area contributed by atoms with E-state index >= 15 is 0 Å². The van der Waals surface area contributed by atoms with Crippen LogP contribution in [0.15, 0.2) is 110 Å². The van der Waals surface area contributed by atoms with E-state index in [-0.39, 0.29) is 0 Å². The van der Waals surface area contributed by atoms with Crippen LogP contribution in [0, 0.1) is 0 Å². The molecular formula is C28H18N4. The molecule has 0 atom stereocenters. The van der Waals surface area contributed by atoms with Gasteiger partial charge in [-0.3, -0.25) is 4.57 Å². The second kappa shape index (κ2) is 6.53. The maximum Gasteiger partial charge on any atom is 0.140 e. The molecule has 0 saturated carbocycles. The Balaban J connectivity index is 1.71. The van der Waals surface area contributed by atoms with Crippen molar-refractivity contribution >= 4 is 43.6 Å². The Bertz CT molecular complexity index is 1630. The van der Waals surface area contributed by atoms with Gasteiger partial charge in [-0.1, -0.05) is 54.6 Å². The summed E-state index contributed by atoms with van der Waals surface area (Å²) in [6.07, 6.45) is 3.40. The average molecular weight is 410 g/mol. The molecule has 0 N–H and O–H groups in total. The summed E-state index contributed by atoms with van der Waals surface area (Å²) in [6, 6.07) is 34.3. The van der Waals surface area contributed by atoms with Gasteiger partial charge in [0.15, 0.2) is 0 Å². The molecular weight excluding hydrogens is 392 g/mol. The van der Waals surface area contributed by atoms with Crippen molar-refractivity contribution in [1.82, 2.24) is 19.1 Å². The Morgan fingerprint density at radius 3 is 1.81 bits per heavy atom. The van der Waals surface area contributed by atoms with E-state index in [0.717, 1.165) is 22.5 Å². The summed E-state index contributed by atoms with van der Waals surface area (Å²) in [5.74, 6) is 0.868. The maximum atomic E-state index is 4.57. The molecule has 4 heteroatoms. The van der Waals surface area contributed by atoms with E-state index in [2.05, 4.69) is 110 Å². The lowest BCUT2D eigenvalue weighted by Crippen LogP contribution is -1.98. The summed E-state index contributed by atoms with van der Waals surface area (Å²) in [4.78, 5) is 8.69. The first kappa shape index (κ1) is 17.3. The Labute approximate surface area is 184 Å². The van der Waals surface area contributed by atoms with Crippen LogP contribution in [0.2, 0.25) is 0 Å². The number of fused-ring (bicyclic) bond motifs is 6. The molecule has 0 aliphatic carbocycles. The predicted octanol–water partition coefficient (Wildman–Crippen LogP) is 6.67. The van der Waals surface area contributed by atoms with Gasteiger partial charge in [0.2, 0.25) is 0 Å². The summed E-state index contributed by atoms with van der Waals surface area (Å²) >= 11 is 0. The van der Waals surface area contributed by atoms with Crippen molar-refractivity contribution in [3.8, 4) is 11.5 Å². The van der Waals surface area contributed by atoms with Crippen LogP contribution in [0.5, 0.6) is 0 Å². The van der Waals surface area contributed by atoms with E-state index in [0.29, 0.717) is 0 Å². The molecule has 0 saturated heterocycles. The van der Waals surface area contributed by atoms with Crippen molar-refractivity contribution in [1.29, 1.82) is 0 Å². The highest BCUT2D eigenvalue weighted by Crippen LogP contribution is 2.39. The normalized spacial score (nSPS) is 11.8. The number of aromatic nitrogens is 4. The third-order valence-electron chi connectivity index (χ3n) is 6.28. The first-order valence-electron chi connectivity index (χ1n) is 10.7. The predicted molar refractivity (Wildman–Crippen MR) is 131 cm³/mol. The highest BCUT2D eigenvalue weighted by molar-refractivity contribution is 6.19. The Kier molecular flexibility index (Phi) is 3.52. The summed E-state index contributed by atoms with van der Waals surface area (Å²) in [5.41, 5.74) is 5.83. The minimum Gasteiger partial charge on any atom is -0.309 e. The molecule has 0 bridgehead atoms. The molecule has 0 aliphatic heterocycles. The molecule has 0 radical (unpaired) electrons. The molecule has 4 aromatic carbocycles. The van der Waals surface area contributed by atoms with E-state index < -0.39 is 0 Å². The van der Waals surface area contributed by atoms with E-state index in [1.807, 2.05) is 6.07 Å². The van der Waals surface area contributed by atoms with E-state index in [1.165, 1.54) is 32.6 Å². The van der Waals surface area contributed by atoms with Crippen LogP contribution in [0.1, 0.15) is 0 Å². The summed E-state index contributed by atoms with van der Waals surface area (Å²) in [5, 5.41) is 4.96. The molecule has 3 heterocycles. The largest absolute Gasteiger partial charge is 0.309 e. The van der Waals surface area contributed by atoms with Crippen LogP contribution in [0.3, 0.4) is 0 Å². The zero-order chi connectivity index (χ0) is 21.1. The zero-order valence-electron chi connectivity index (χ0n) is 17.2. The molecule has 150 valence electrons. The number of rotatable bonds is 2. The van der Waals surface area contributed by atoms with Crippen molar-refractivity contribution in [3.63, 3.8) is 0 Å². The molecule has 0 amide bonds. The third-order valence-corrected chi connectivity index (χ3v) is 6.28. The lowest BCUT2D eigenvalue weighted by atomic mass is 10.1. The van der Waals surface area contributed by atoms with Crippen LogP contribution in [-0.4, -0.2) is 19.1 Å². The van der Waals surface area contributed by atoms with Crippen molar-refractivity contribution in [2.75, 3.05) is 0 Å². The van der Waals surface area contributed by atoms with Gasteiger partial charge in [0.25, 0.3) is 0 Å². The van der Waals surface area contributed by atoms with Gasteiger partial charge in [-0.15, -0.1) is 0 Å². The first-order valence-corrected chi connectivity index (χ1v) is 10.7. The minimum atomic E-state index is 0.868. The molecule has 4 nitrogen and oxygen atoms in total. The fraction of sp³-hybridized carbons (Fsp3) is 0. The number of hydrogen-bond acceptors (Lipinski definition) is 2. The highest BCUT2D eigenvalue weighted by Gasteiger charge is 2.18. The Hall–Kier alpha value is -4.44. The maximum absolute atomic E-state index is 4.57. The van der Waals surface area contributed by atoms with Crippen LogP contribution < -0.4 is 0 Å². The summed E-state index contributed by atoms with van der Waals surface area (Å²) in [7, 11) is 0. The van der Waals surface area contributed by atoms with Gasteiger partial charge in [-0.05, 0) is 42.5 Å². The number of nitrogens with zero attached hydrogens (tertiary/aromatic N) is 4. The van der Waals surface area contributed by atoms with Gasteiger partial charge in [0, 0.05) is 33.4 Å². The first-order chi connectivity index (χ1) is 15.9. The number of hydrogen-bond donors (Lipinski definition) is 0. The van der Waals surface area contributed by atoms with Gasteiger partial charge < -0.3 is 4.57 Å². The second-order valence-electron chi connectivity index (χ2n) is 7.99. The average Bonchev–Trinajstić information content (AvgIpc) is 3.36. The van der Waals surface area contributed by atoms with Crippen molar-refractivity contribution in [2.24, 2.45) is 0 Å². The van der Waals surface area contributed by atoms with Gasteiger partial charge in [0.05, 0.1) is 22.1 Å². The third kappa shape index (κ3) is 2.32. The molecule has 7 aromatic rings. The number of benzene rings is 4. The van der Waals surface area contributed by atoms with Crippen LogP contribution in [-0.2, 0) is 0 Å². The lowest BCUT2D eigenvalue weighted by molar-refractivity contribution is 1.04. The second-order valence-corrected chi connectivity index (χ2v) is 7.99. The number of para-hydroxylation sites is 3. The topological polar surface area (TPSA) is 35.6 Å². The van der Waals surface area contributed by atoms with Crippen molar-refractivity contribution in [2.45, 2.75) is 0 Å². The standard InChI is InChI=1S/C28H18N4/c1-2-8-19(9-3-1)31-24-12-6-4-10-20(24)22-16-23-21-11-5-7-13-25(21)32(27(23)17-26(22)31)28-14-15-29-18-30-28/h1-18H. The van der Waals surface area contributed by atoms with Gasteiger partial charge in [0.1, 0.15) is 12.1 Å². The molecule has 3 aromatic heterocycles. The van der Waals surface area contributed by atoms with Crippen molar-refractivity contribution < 1.29 is 0 Å². The molecule has 0 spiro atoms. The monoisotopic (exact) mass is 410 g/mol. The quantitative estimate of drug-likeness (QED) is 0.319. The smallest absolute Gasteiger partial charge is 0.140 e. The molecule has 0 unspecified atom stereocenters. The molecule has 32 heavy (non-hydrogen) atoms. The zero-order valence-corrected chi connectivity index (χ0v) is 17.2. The SMILES string of the molecule is c1ccc(-n2c3ccccc3c3cc4c5ccccc5n(-c5ccncn5)c4cc32)cc1. The van der Waals surface area contributed by atoms with Crippen molar-refractivity contribution in [3.05, 3.63) is 110 Å². The fourth-order valence-electron chi connectivity index (χ4n) is 4.95. The van der Waals surface area contributed by atoms with E-state index in [9.17, 15) is 0 Å². The van der Waals surface area contributed by atoms with Crippen LogP contribution >= 0.6 is 0 Å². The van der Waals surface area contributed by atoms with E-state index in [1.54, 1.807) is 12.5 Å². The van der Waals surface area contributed by atoms with Gasteiger partial charge in [-0.2, -0.15) is 0 Å². The van der Waals surface area contributed by atoms with E-state index in [4.69, 9.17) is 0 Å². The molecule has 0 fully saturated rings. The summed E-state index contributed by atoms with van der Waals surface area (Å²) in [6.45, 7) is 0. The highest BCUT2D eigenvalue weighted by atomic mass is 15.1. The fourth-order valence-corrected chi connectivity index (χ4v) is 4.95. The molecule has 0 aliphatic rings.